The van der Waals surface area contributed by atoms with E-state index < -0.39 is 0 Å². The summed E-state index contributed by atoms with van der Waals surface area (Å²) < 4.78 is 0. The summed E-state index contributed by atoms with van der Waals surface area (Å²) in [4.78, 5) is 40.0. The predicted octanol–water partition coefficient (Wildman–Crippen LogP) is 4.21. The summed E-state index contributed by atoms with van der Waals surface area (Å²) in [6, 6.07) is 11.9. The lowest BCUT2D eigenvalue weighted by molar-refractivity contribution is -0.123. The van der Waals surface area contributed by atoms with Gasteiger partial charge < -0.3 is 5.32 Å². The van der Waals surface area contributed by atoms with Crippen molar-refractivity contribution in [1.82, 2.24) is 0 Å². The average Bonchev–Trinajstić information content (AvgIpc) is 3.38. The van der Waals surface area contributed by atoms with E-state index in [1.54, 1.807) is 36.4 Å². The summed E-state index contributed by atoms with van der Waals surface area (Å²) >= 11 is 6.03. The molecule has 4 unspecified atom stereocenters. The van der Waals surface area contributed by atoms with E-state index in [-0.39, 0.29) is 41.4 Å². The summed E-state index contributed by atoms with van der Waals surface area (Å²) in [6.07, 6.45) is 5.03. The smallest absolute Gasteiger partial charge is 0.255 e. The van der Waals surface area contributed by atoms with E-state index in [9.17, 15) is 14.4 Å². The number of fused-ring (bicyclic) bond motifs is 5. The number of amides is 3. The number of allylic oxidation sites excluding steroid dienone is 2. The van der Waals surface area contributed by atoms with Crippen molar-refractivity contribution in [2.45, 2.75) is 13.3 Å². The fraction of sp³-hybridized carbons (Fsp3) is 0.261. The molecule has 2 aromatic rings. The first-order chi connectivity index (χ1) is 13.9. The van der Waals surface area contributed by atoms with Crippen molar-refractivity contribution in [3.63, 3.8) is 0 Å². The molecule has 2 aliphatic carbocycles. The monoisotopic (exact) mass is 406 g/mol. The average molecular weight is 407 g/mol. The number of nitrogens with zero attached hydrogens (tertiary/aromatic N) is 1. The number of hydrogen-bond acceptors (Lipinski definition) is 3. The molecular formula is C23H19ClN2O3. The zero-order chi connectivity index (χ0) is 20.3. The van der Waals surface area contributed by atoms with Gasteiger partial charge in [0, 0.05) is 16.3 Å². The Balaban J connectivity index is 1.42. The van der Waals surface area contributed by atoms with Crippen molar-refractivity contribution in [3.8, 4) is 0 Å². The van der Waals surface area contributed by atoms with E-state index >= 15 is 0 Å². The van der Waals surface area contributed by atoms with Crippen LogP contribution < -0.4 is 10.2 Å². The van der Waals surface area contributed by atoms with E-state index in [1.807, 2.05) is 13.0 Å². The predicted molar refractivity (Wildman–Crippen MR) is 111 cm³/mol. The molecule has 146 valence electrons. The molecule has 29 heavy (non-hydrogen) atoms. The lowest BCUT2D eigenvalue weighted by Crippen LogP contribution is -2.33. The van der Waals surface area contributed by atoms with Gasteiger partial charge in [0.1, 0.15) is 0 Å². The second-order valence-electron chi connectivity index (χ2n) is 7.98. The topological polar surface area (TPSA) is 66.5 Å². The number of carbonyl (C=O) groups is 3. The first-order valence-corrected chi connectivity index (χ1v) is 10.1. The molecule has 4 atom stereocenters. The molecule has 1 heterocycles. The summed E-state index contributed by atoms with van der Waals surface area (Å²) in [5.74, 6) is -0.834. The maximum atomic E-state index is 13.0. The minimum Gasteiger partial charge on any atom is -0.322 e. The third kappa shape index (κ3) is 2.80. The number of benzene rings is 2. The molecule has 2 bridgehead atoms. The number of anilines is 2. The maximum absolute atomic E-state index is 13.0. The Kier molecular flexibility index (Phi) is 4.10. The number of rotatable bonds is 3. The second-order valence-corrected chi connectivity index (χ2v) is 8.41. The number of imide groups is 1. The molecule has 2 fully saturated rings. The van der Waals surface area contributed by atoms with Gasteiger partial charge in [-0.3, -0.25) is 14.4 Å². The molecule has 0 radical (unpaired) electrons. The Labute approximate surface area is 173 Å². The molecule has 2 aromatic carbocycles. The van der Waals surface area contributed by atoms with Gasteiger partial charge >= 0.3 is 0 Å². The number of carbonyl (C=O) groups excluding carboxylic acids is 3. The second kappa shape index (κ2) is 6.56. The van der Waals surface area contributed by atoms with E-state index in [4.69, 9.17) is 11.6 Å². The Bertz CT molecular complexity index is 1060. The van der Waals surface area contributed by atoms with Gasteiger partial charge in [-0.25, -0.2) is 4.90 Å². The van der Waals surface area contributed by atoms with Crippen LogP contribution in [0.15, 0.2) is 54.6 Å². The van der Waals surface area contributed by atoms with Crippen molar-refractivity contribution in [2.75, 3.05) is 10.2 Å². The third-order valence-electron chi connectivity index (χ3n) is 6.28. The van der Waals surface area contributed by atoms with Crippen molar-refractivity contribution in [2.24, 2.45) is 23.7 Å². The van der Waals surface area contributed by atoms with Gasteiger partial charge in [-0.05, 0) is 61.1 Å². The van der Waals surface area contributed by atoms with Crippen molar-refractivity contribution >= 4 is 40.7 Å². The highest BCUT2D eigenvalue weighted by Gasteiger charge is 2.59. The molecule has 3 amide bonds. The van der Waals surface area contributed by atoms with E-state index in [2.05, 4.69) is 17.5 Å². The normalized spacial score (nSPS) is 26.9. The van der Waals surface area contributed by atoms with Crippen LogP contribution in [0.1, 0.15) is 22.3 Å². The van der Waals surface area contributed by atoms with E-state index in [0.717, 1.165) is 12.0 Å². The zero-order valence-corrected chi connectivity index (χ0v) is 16.5. The minimum absolute atomic E-state index is 0.153. The SMILES string of the molecule is Cc1ccc(Cl)cc1NC(=O)c1cccc(N2C(=O)C3C4C=CC(C4)C3C2=O)c1. The van der Waals surface area contributed by atoms with Crippen LogP contribution in [0.3, 0.4) is 0 Å². The van der Waals surface area contributed by atoms with Crippen LogP contribution in [-0.4, -0.2) is 17.7 Å². The highest BCUT2D eigenvalue weighted by molar-refractivity contribution is 6.31. The molecule has 0 spiro atoms. The van der Waals surface area contributed by atoms with Crippen LogP contribution in [0.2, 0.25) is 5.02 Å². The third-order valence-corrected chi connectivity index (χ3v) is 6.52. The Hall–Kier alpha value is -2.92. The summed E-state index contributed by atoms with van der Waals surface area (Å²) in [5.41, 5.74) is 2.34. The quantitative estimate of drug-likeness (QED) is 0.613. The Morgan fingerprint density at radius 2 is 1.72 bits per heavy atom. The standard InChI is InChI=1S/C23H19ClN2O3/c1-12-5-8-16(24)11-18(12)25-21(27)15-3-2-4-17(10-15)26-22(28)19-13-6-7-14(9-13)20(19)23(26)29/h2-8,10-11,13-14,19-20H,9H2,1H3,(H,25,27). The lowest BCUT2D eigenvalue weighted by atomic mass is 9.85. The minimum atomic E-state index is -0.321. The largest absolute Gasteiger partial charge is 0.322 e. The van der Waals surface area contributed by atoms with Gasteiger partial charge in [-0.2, -0.15) is 0 Å². The van der Waals surface area contributed by atoms with Crippen LogP contribution in [0.4, 0.5) is 11.4 Å². The molecule has 6 heteroatoms. The van der Waals surface area contributed by atoms with Crippen molar-refractivity contribution < 1.29 is 14.4 Å². The van der Waals surface area contributed by atoms with Gasteiger partial charge in [0.05, 0.1) is 17.5 Å². The maximum Gasteiger partial charge on any atom is 0.255 e. The molecular weight excluding hydrogens is 388 g/mol. The first kappa shape index (κ1) is 18.1. The van der Waals surface area contributed by atoms with Gasteiger partial charge in [-0.1, -0.05) is 35.9 Å². The number of hydrogen-bond donors (Lipinski definition) is 1. The highest BCUT2D eigenvalue weighted by atomic mass is 35.5. The van der Waals surface area contributed by atoms with E-state index in [0.29, 0.717) is 22.0 Å². The summed E-state index contributed by atoms with van der Waals surface area (Å²) in [7, 11) is 0. The highest BCUT2D eigenvalue weighted by Crippen LogP contribution is 2.53. The van der Waals surface area contributed by atoms with Crippen LogP contribution >= 0.6 is 11.6 Å². The number of aryl methyl sites for hydroxylation is 1. The number of nitrogens with one attached hydrogen (secondary N) is 1. The fourth-order valence-corrected chi connectivity index (χ4v) is 5.04. The van der Waals surface area contributed by atoms with Gasteiger partial charge in [0.15, 0.2) is 0 Å². The molecule has 0 aromatic heterocycles. The zero-order valence-electron chi connectivity index (χ0n) is 15.8. The fourth-order valence-electron chi connectivity index (χ4n) is 4.87. The van der Waals surface area contributed by atoms with Crippen LogP contribution in [-0.2, 0) is 9.59 Å². The van der Waals surface area contributed by atoms with Crippen LogP contribution in [0, 0.1) is 30.6 Å². The molecule has 5 nitrogen and oxygen atoms in total. The molecule has 1 aliphatic heterocycles. The Morgan fingerprint density at radius 1 is 1.03 bits per heavy atom. The van der Waals surface area contributed by atoms with Crippen LogP contribution in [0.5, 0.6) is 0 Å². The lowest BCUT2D eigenvalue weighted by Gasteiger charge is -2.18. The number of halogens is 1. The van der Waals surface area contributed by atoms with Gasteiger partial charge in [-0.15, -0.1) is 0 Å². The van der Waals surface area contributed by atoms with Crippen LogP contribution in [0.25, 0.3) is 0 Å². The van der Waals surface area contributed by atoms with Gasteiger partial charge in [0.2, 0.25) is 11.8 Å². The van der Waals surface area contributed by atoms with Crippen molar-refractivity contribution in [3.05, 3.63) is 70.8 Å². The Morgan fingerprint density at radius 3 is 2.41 bits per heavy atom. The molecule has 3 aliphatic rings. The molecule has 1 N–H and O–H groups in total. The van der Waals surface area contributed by atoms with Gasteiger partial charge in [0.25, 0.3) is 5.91 Å². The molecule has 5 rings (SSSR count). The van der Waals surface area contributed by atoms with E-state index in [1.165, 1.54) is 4.90 Å². The molecule has 1 saturated carbocycles. The van der Waals surface area contributed by atoms with Crippen molar-refractivity contribution in [1.29, 1.82) is 0 Å². The molecule has 1 saturated heterocycles. The summed E-state index contributed by atoms with van der Waals surface area (Å²) in [5, 5.41) is 3.38. The first-order valence-electron chi connectivity index (χ1n) is 9.68. The summed E-state index contributed by atoms with van der Waals surface area (Å²) in [6.45, 7) is 1.88.